The van der Waals surface area contributed by atoms with Crippen LogP contribution in [-0.4, -0.2) is 26.1 Å². The van der Waals surface area contributed by atoms with E-state index in [0.29, 0.717) is 18.1 Å². The Bertz CT molecular complexity index is 474. The third-order valence-electron chi connectivity index (χ3n) is 3.89. The van der Waals surface area contributed by atoms with E-state index in [9.17, 15) is 4.79 Å². The summed E-state index contributed by atoms with van der Waals surface area (Å²) in [6.07, 6.45) is 0.955. The number of nitrogens with two attached hydrogens (primary N) is 1. The maximum atomic E-state index is 12.5. The van der Waals surface area contributed by atoms with Gasteiger partial charge in [0.25, 0.3) is 0 Å². The van der Waals surface area contributed by atoms with Gasteiger partial charge in [0, 0.05) is 7.11 Å². The summed E-state index contributed by atoms with van der Waals surface area (Å²) >= 11 is 0. The molecule has 1 aliphatic carbocycles. The molecule has 0 aliphatic heterocycles. The van der Waals surface area contributed by atoms with Gasteiger partial charge in [-0.25, -0.2) is 0 Å². The van der Waals surface area contributed by atoms with Crippen molar-refractivity contribution in [3.63, 3.8) is 0 Å². The molecule has 0 radical (unpaired) electrons. The highest BCUT2D eigenvalue weighted by Gasteiger charge is 2.45. The summed E-state index contributed by atoms with van der Waals surface area (Å²) in [5.74, 6) is 1.02. The van der Waals surface area contributed by atoms with Gasteiger partial charge in [0.15, 0.2) is 5.78 Å². The number of carbonyl (C=O) groups excluding carboxylic acids is 1. The molecule has 2 rings (SSSR count). The topological polar surface area (TPSA) is 61.6 Å². The molecule has 0 amide bonds. The number of Topliss-reactive ketones (excluding diaryl/α,β-unsaturated/α-hetero) is 1. The Labute approximate surface area is 113 Å². The standard InChI is InChI=1S/C15H21NO3/c1-10-7-13(19-3)14(17)15(16,9-10)11-5-4-6-12(8-11)18-2/h4-6,8,10,13H,7,9,16H2,1-3H3/t10-,13+,15+/m0/s1. The van der Waals surface area contributed by atoms with Gasteiger partial charge in [-0.1, -0.05) is 19.1 Å². The van der Waals surface area contributed by atoms with Crippen molar-refractivity contribution in [3.8, 4) is 5.75 Å². The van der Waals surface area contributed by atoms with Gasteiger partial charge < -0.3 is 15.2 Å². The van der Waals surface area contributed by atoms with Crippen LogP contribution in [0.3, 0.4) is 0 Å². The largest absolute Gasteiger partial charge is 0.497 e. The lowest BCUT2D eigenvalue weighted by molar-refractivity contribution is -0.140. The van der Waals surface area contributed by atoms with Crippen LogP contribution in [0.2, 0.25) is 0 Å². The van der Waals surface area contributed by atoms with Crippen LogP contribution in [0.25, 0.3) is 0 Å². The van der Waals surface area contributed by atoms with Gasteiger partial charge in [0.2, 0.25) is 0 Å². The van der Waals surface area contributed by atoms with Crippen LogP contribution in [0.15, 0.2) is 24.3 Å². The van der Waals surface area contributed by atoms with Crippen molar-refractivity contribution in [2.24, 2.45) is 11.7 Å². The lowest BCUT2D eigenvalue weighted by atomic mass is 9.71. The highest BCUT2D eigenvalue weighted by atomic mass is 16.5. The van der Waals surface area contributed by atoms with Gasteiger partial charge in [0.1, 0.15) is 17.4 Å². The summed E-state index contributed by atoms with van der Waals surface area (Å²) < 4.78 is 10.5. The maximum absolute atomic E-state index is 12.5. The number of hydrogen-bond donors (Lipinski definition) is 1. The smallest absolute Gasteiger partial charge is 0.185 e. The molecule has 0 spiro atoms. The SMILES string of the molecule is COc1cccc([C@]2(N)C[C@@H](C)C[C@@H](OC)C2=O)c1. The van der Waals surface area contributed by atoms with Crippen molar-refractivity contribution < 1.29 is 14.3 Å². The zero-order chi connectivity index (χ0) is 14.0. The molecule has 1 aromatic carbocycles. The molecule has 1 saturated carbocycles. The fourth-order valence-corrected chi connectivity index (χ4v) is 2.86. The van der Waals surface area contributed by atoms with E-state index in [1.54, 1.807) is 14.2 Å². The summed E-state index contributed by atoms with van der Waals surface area (Å²) in [7, 11) is 3.16. The van der Waals surface area contributed by atoms with E-state index in [4.69, 9.17) is 15.2 Å². The first-order valence-electron chi connectivity index (χ1n) is 6.51. The minimum absolute atomic E-state index is 0.0404. The van der Waals surface area contributed by atoms with Crippen molar-refractivity contribution in [1.82, 2.24) is 0 Å². The third kappa shape index (κ3) is 2.51. The van der Waals surface area contributed by atoms with E-state index in [1.165, 1.54) is 0 Å². The molecule has 0 bridgehead atoms. The first-order valence-corrected chi connectivity index (χ1v) is 6.51. The van der Waals surface area contributed by atoms with Gasteiger partial charge in [0.05, 0.1) is 7.11 Å². The quantitative estimate of drug-likeness (QED) is 0.904. The Kier molecular flexibility index (Phi) is 3.92. The molecular weight excluding hydrogens is 242 g/mol. The first-order chi connectivity index (χ1) is 9.01. The second kappa shape index (κ2) is 5.31. The molecule has 0 heterocycles. The minimum Gasteiger partial charge on any atom is -0.497 e. The molecular formula is C15H21NO3. The first kappa shape index (κ1) is 14.0. The number of carbonyl (C=O) groups is 1. The van der Waals surface area contributed by atoms with Gasteiger partial charge in [-0.15, -0.1) is 0 Å². The molecule has 4 heteroatoms. The molecule has 0 saturated heterocycles. The summed E-state index contributed by atoms with van der Waals surface area (Å²) in [6, 6.07) is 7.42. The average Bonchev–Trinajstić information content (AvgIpc) is 2.42. The van der Waals surface area contributed by atoms with Crippen molar-refractivity contribution in [2.45, 2.75) is 31.4 Å². The van der Waals surface area contributed by atoms with Crippen LogP contribution in [0.5, 0.6) is 5.75 Å². The highest BCUT2D eigenvalue weighted by molar-refractivity contribution is 5.94. The highest BCUT2D eigenvalue weighted by Crippen LogP contribution is 2.37. The van der Waals surface area contributed by atoms with Crippen molar-refractivity contribution in [3.05, 3.63) is 29.8 Å². The van der Waals surface area contributed by atoms with Crippen molar-refractivity contribution >= 4 is 5.78 Å². The number of rotatable bonds is 3. The van der Waals surface area contributed by atoms with Crippen molar-refractivity contribution in [2.75, 3.05) is 14.2 Å². The van der Waals surface area contributed by atoms with Gasteiger partial charge in [-0.2, -0.15) is 0 Å². The Morgan fingerprint density at radius 3 is 2.74 bits per heavy atom. The molecule has 1 aliphatic rings. The zero-order valence-corrected chi connectivity index (χ0v) is 11.7. The summed E-state index contributed by atoms with van der Waals surface area (Å²) in [4.78, 5) is 12.5. The number of ether oxygens (including phenoxy) is 2. The molecule has 1 aromatic rings. The molecule has 19 heavy (non-hydrogen) atoms. The summed E-state index contributed by atoms with van der Waals surface area (Å²) in [5, 5.41) is 0. The van der Waals surface area contributed by atoms with E-state index in [2.05, 4.69) is 6.92 Å². The van der Waals surface area contributed by atoms with Gasteiger partial charge in [-0.05, 0) is 36.5 Å². The van der Waals surface area contributed by atoms with Crippen molar-refractivity contribution in [1.29, 1.82) is 0 Å². The Morgan fingerprint density at radius 1 is 1.37 bits per heavy atom. The van der Waals surface area contributed by atoms with E-state index in [0.717, 1.165) is 12.0 Å². The molecule has 3 atom stereocenters. The van der Waals surface area contributed by atoms with Crippen LogP contribution in [-0.2, 0) is 15.1 Å². The molecule has 4 nitrogen and oxygen atoms in total. The predicted octanol–water partition coefficient (Wildman–Crippen LogP) is 1.86. The Morgan fingerprint density at radius 2 is 2.11 bits per heavy atom. The fraction of sp³-hybridized carbons (Fsp3) is 0.533. The number of benzene rings is 1. The second-order valence-corrected chi connectivity index (χ2v) is 5.34. The lowest BCUT2D eigenvalue weighted by Crippen LogP contribution is -2.55. The van der Waals surface area contributed by atoms with E-state index < -0.39 is 11.6 Å². The van der Waals surface area contributed by atoms with E-state index in [-0.39, 0.29) is 5.78 Å². The Balaban J connectivity index is 2.40. The van der Waals surface area contributed by atoms with Crippen LogP contribution < -0.4 is 10.5 Å². The summed E-state index contributed by atoms with van der Waals surface area (Å²) in [6.45, 7) is 2.10. The summed E-state index contributed by atoms with van der Waals surface area (Å²) in [5.41, 5.74) is 6.24. The molecule has 1 fully saturated rings. The molecule has 0 aromatic heterocycles. The van der Waals surface area contributed by atoms with Crippen LogP contribution in [0.1, 0.15) is 25.3 Å². The number of ketones is 1. The van der Waals surface area contributed by atoms with Crippen LogP contribution in [0.4, 0.5) is 0 Å². The fourth-order valence-electron chi connectivity index (χ4n) is 2.86. The van der Waals surface area contributed by atoms with E-state index >= 15 is 0 Å². The lowest BCUT2D eigenvalue weighted by Gasteiger charge is -2.39. The number of methoxy groups -OCH3 is 2. The predicted molar refractivity (Wildman–Crippen MR) is 73.1 cm³/mol. The third-order valence-corrected chi connectivity index (χ3v) is 3.89. The van der Waals surface area contributed by atoms with Crippen LogP contribution in [0, 0.1) is 5.92 Å². The Hall–Kier alpha value is -1.39. The van der Waals surface area contributed by atoms with Crippen LogP contribution >= 0.6 is 0 Å². The molecule has 0 unspecified atom stereocenters. The maximum Gasteiger partial charge on any atom is 0.185 e. The zero-order valence-electron chi connectivity index (χ0n) is 11.7. The number of hydrogen-bond acceptors (Lipinski definition) is 4. The molecule has 104 valence electrons. The van der Waals surface area contributed by atoms with Gasteiger partial charge >= 0.3 is 0 Å². The monoisotopic (exact) mass is 263 g/mol. The van der Waals surface area contributed by atoms with E-state index in [1.807, 2.05) is 24.3 Å². The van der Waals surface area contributed by atoms with Gasteiger partial charge in [-0.3, -0.25) is 4.79 Å². The normalized spacial score (nSPS) is 31.3. The second-order valence-electron chi connectivity index (χ2n) is 5.34. The molecule has 2 N–H and O–H groups in total. The average molecular weight is 263 g/mol. The minimum atomic E-state index is -0.979.